The van der Waals surface area contributed by atoms with Crippen molar-refractivity contribution in [2.45, 2.75) is 250 Å². The van der Waals surface area contributed by atoms with Crippen LogP contribution in [0.15, 0.2) is 111 Å². The molecule has 11 aliphatic heterocycles. The molecule has 0 spiro atoms. The molecule has 0 radical (unpaired) electrons. The van der Waals surface area contributed by atoms with E-state index in [0.717, 1.165) is 178 Å². The van der Waals surface area contributed by atoms with Gasteiger partial charge in [-0.15, -0.1) is 40.4 Å². The van der Waals surface area contributed by atoms with Crippen molar-refractivity contribution in [3.63, 3.8) is 0 Å². The van der Waals surface area contributed by atoms with E-state index in [0.29, 0.717) is 42.2 Å². The van der Waals surface area contributed by atoms with Crippen molar-refractivity contribution >= 4 is 84.7 Å². The van der Waals surface area contributed by atoms with E-state index in [1.807, 2.05) is 150 Å². The quantitative estimate of drug-likeness (QED) is 0.104. The van der Waals surface area contributed by atoms with Crippen LogP contribution in [-0.2, 0) is 0 Å². The second kappa shape index (κ2) is 53.6. The van der Waals surface area contributed by atoms with Gasteiger partial charge in [-0.3, -0.25) is 24.5 Å². The Balaban J connectivity index is 0.000000133. The molecule has 12 fully saturated rings. The SMILES string of the molecule is C#CCN1[C@H](C)CN(c2ncc(C)cn2)C[C@@H]1C.CCN1CCN(c2ccc(C)s2)CC1.Cc1ccc(N2CCCC(C)(C)C2)s1.Cc1ccc(N2CCCC(C)CC2)s1.Cc1cnc(N2CCN(C)C(C)C2)nc1.Cc1cnc(N2CCN(C3CC3)CC2)nc1.Cc1cnc(N2CCN3CCCC3C2)nc1.Cc1cnc(N2CCN3CCCCC3C2)nc1.Cc1cnc(N2C[C@@H](C)N(C)[C@@H](C)C2)nc1. The fraction of sp³-hybridized carbons (Fsp3) is 0.651. The molecule has 0 aromatic carbocycles. The number of aryl methyl sites for hydroxylation is 9. The number of terminal acetylenes is 1. The van der Waals surface area contributed by atoms with Crippen molar-refractivity contribution in [1.82, 2.24) is 94.1 Å². The van der Waals surface area contributed by atoms with Gasteiger partial charge in [0, 0.05) is 301 Å². The van der Waals surface area contributed by atoms with Crippen LogP contribution in [0.25, 0.3) is 0 Å². The Labute approximate surface area is 853 Å². The van der Waals surface area contributed by atoms with Gasteiger partial charge in [-0.2, -0.15) is 0 Å². The minimum atomic E-state index is 0.426. The van der Waals surface area contributed by atoms with Gasteiger partial charge in [0.2, 0.25) is 35.7 Å². The molecule has 0 bridgehead atoms. The Hall–Kier alpha value is -8.94. The van der Waals surface area contributed by atoms with Crippen molar-refractivity contribution in [2.24, 2.45) is 11.3 Å². The molecule has 31 heteroatoms. The molecule has 1 saturated carbocycles. The lowest BCUT2D eigenvalue weighted by Gasteiger charge is -2.44. The zero-order valence-electron chi connectivity index (χ0n) is 88.9. The minimum Gasteiger partial charge on any atom is -0.363 e. The Morgan fingerprint density at radius 2 is 0.664 bits per heavy atom. The number of anilines is 9. The van der Waals surface area contributed by atoms with Crippen LogP contribution in [-0.4, -0.2) is 346 Å². The largest absolute Gasteiger partial charge is 0.363 e. The molecule has 8 atom stereocenters. The van der Waals surface area contributed by atoms with E-state index in [-0.39, 0.29) is 0 Å². The van der Waals surface area contributed by atoms with Crippen molar-refractivity contribution in [3.8, 4) is 12.3 Å². The topological polar surface area (TPSA) is 207 Å². The second-order valence-electron chi connectivity index (χ2n) is 42.3. The number of piperidine rings is 2. The number of rotatable bonds is 12. The first kappa shape index (κ1) is 108. The fourth-order valence-corrected chi connectivity index (χ4v) is 23.1. The monoisotopic (exact) mass is 1970 g/mol. The molecule has 0 N–H and O–H groups in total. The molecule has 28 nitrogen and oxygen atoms in total. The average Bonchev–Trinajstić information content (AvgIpc) is 1.60. The number of piperazine rings is 7. The van der Waals surface area contributed by atoms with E-state index in [1.54, 1.807) is 0 Å². The molecular weight excluding hydrogens is 1800 g/mol. The van der Waals surface area contributed by atoms with E-state index in [4.69, 9.17) is 6.42 Å². The van der Waals surface area contributed by atoms with Gasteiger partial charge < -0.3 is 53.9 Å². The third-order valence-corrected chi connectivity index (χ3v) is 32.8. The Morgan fingerprint density at radius 1 is 0.321 bits per heavy atom. The van der Waals surface area contributed by atoms with Crippen LogP contribution >= 0.6 is 34.0 Å². The second-order valence-corrected chi connectivity index (χ2v) is 46.1. The number of likely N-dealkylation sites (N-methyl/N-ethyl adjacent to an activating group) is 3. The summed E-state index contributed by atoms with van der Waals surface area (Å²) in [4.78, 5) is 95.8. The zero-order valence-corrected chi connectivity index (χ0v) is 91.4. The summed E-state index contributed by atoms with van der Waals surface area (Å²) in [5.74, 6) is 8.89. The van der Waals surface area contributed by atoms with Crippen molar-refractivity contribution < 1.29 is 0 Å². The molecule has 4 unspecified atom stereocenters. The number of aromatic nitrogens is 12. The Bertz CT molecular complexity index is 5060. The highest BCUT2D eigenvalue weighted by molar-refractivity contribution is 7.16. The van der Waals surface area contributed by atoms with Gasteiger partial charge in [0.05, 0.1) is 21.5 Å². The zero-order chi connectivity index (χ0) is 99.4. The maximum absolute atomic E-state index is 5.42. The molecule has 11 saturated heterocycles. The molecule has 140 heavy (non-hydrogen) atoms. The van der Waals surface area contributed by atoms with Gasteiger partial charge in [0.15, 0.2) is 0 Å². The summed E-state index contributed by atoms with van der Waals surface area (Å²) in [6.07, 6.45) is 44.5. The summed E-state index contributed by atoms with van der Waals surface area (Å²) in [5, 5.41) is 4.37. The normalized spacial score (nSPS) is 23.8. The first-order chi connectivity index (χ1) is 67.4. The molecular formula is C109H170N28S3. The van der Waals surface area contributed by atoms with Crippen LogP contribution in [0.4, 0.5) is 50.7 Å². The summed E-state index contributed by atoms with van der Waals surface area (Å²) in [5.41, 5.74) is 7.19. The highest BCUT2D eigenvalue weighted by Gasteiger charge is 2.37. The van der Waals surface area contributed by atoms with E-state index in [1.165, 1.54) is 205 Å². The van der Waals surface area contributed by atoms with Gasteiger partial charge in [-0.1, -0.05) is 40.0 Å². The summed E-state index contributed by atoms with van der Waals surface area (Å²) in [6.45, 7) is 71.5. The lowest BCUT2D eigenvalue weighted by atomic mass is 9.84. The number of nitrogens with zero attached hydrogens (tertiary/aromatic N) is 28. The molecule has 20 heterocycles. The standard InChI is InChI=1S/C14H20N4.C13H20N4.2C12H18N4.C12H20N4.2C12H19NS.C11H18N4.C11H18N2S/c1-5-6-18-12(3)9-17(10-13(18)4)14-15-7-11(2)8-16-14;1-11-8-14-13(15-9-11)17-7-6-16-5-3-2-4-12(16)10-17;1-10-8-13-12(14-9-10)16-6-4-15(5-7-16)11-2-3-11;1-10-7-13-12(14-8-10)16-6-5-15-4-2-3-11(15)9-16;1-9-5-13-12(14-6-9)16-7-10(2)15(4)11(3)8-16;1-10-5-6-11(14-10)13-8-4-7-12(2,3)9-13;1-10-4-3-8-13(9-7-10)12-6-5-11(2)14-12;1-9-6-12-11(13-7-9)15-5-4-14(3)10(2)8-15;1-3-12-6-8-13(9-7-12)11-5-4-10(2)14-11/h1,7-8,12-13H,6,9-10H2,2-4H3;8-9,12H,2-7,10H2,1H3;8-9,11H,2-7H2,1H3;7-8,11H,2-6,9H2,1H3;5-6,10-11H,7-8H2,1-4H3;5-6H,4,7-9H2,1-3H3;5-6,10H,3-4,7-9H2,1-2H3;6-7,10H,4-5,8H2,1-3H3;4-5H,3,6-9H2,1-2H3/t12-,13+;;;;10-,11+;;;;. The van der Waals surface area contributed by atoms with Crippen molar-refractivity contribution in [2.75, 3.05) is 248 Å². The molecule has 764 valence electrons. The lowest BCUT2D eigenvalue weighted by molar-refractivity contribution is 0.133. The highest BCUT2D eigenvalue weighted by atomic mass is 32.1. The summed E-state index contributed by atoms with van der Waals surface area (Å²) < 4.78 is 0. The number of hydrogen-bond acceptors (Lipinski definition) is 31. The highest BCUT2D eigenvalue weighted by Crippen LogP contribution is 2.37. The minimum absolute atomic E-state index is 0.426. The molecule has 1 aliphatic carbocycles. The maximum atomic E-state index is 5.42. The van der Waals surface area contributed by atoms with Gasteiger partial charge in [0.25, 0.3) is 0 Å². The summed E-state index contributed by atoms with van der Waals surface area (Å²) >= 11 is 5.76. The van der Waals surface area contributed by atoms with Gasteiger partial charge in [0.1, 0.15) is 0 Å². The maximum Gasteiger partial charge on any atom is 0.225 e. The van der Waals surface area contributed by atoms with Crippen LogP contribution in [0.3, 0.4) is 0 Å². The van der Waals surface area contributed by atoms with Crippen LogP contribution in [0, 0.1) is 86.0 Å². The van der Waals surface area contributed by atoms with Gasteiger partial charge >= 0.3 is 0 Å². The van der Waals surface area contributed by atoms with Crippen LogP contribution in [0.1, 0.15) is 187 Å². The van der Waals surface area contributed by atoms with Gasteiger partial charge in [-0.05, 0) is 282 Å². The van der Waals surface area contributed by atoms with E-state index < -0.39 is 0 Å². The summed E-state index contributed by atoms with van der Waals surface area (Å²) in [7, 11) is 4.35. The first-order valence-electron chi connectivity index (χ1n) is 52.7. The Kier molecular flexibility index (Phi) is 41.5. The van der Waals surface area contributed by atoms with Crippen molar-refractivity contribution in [1.29, 1.82) is 0 Å². The Morgan fingerprint density at radius 3 is 1.06 bits per heavy atom. The number of fused-ring (bicyclic) bond motifs is 2. The first-order valence-corrected chi connectivity index (χ1v) is 55.1. The van der Waals surface area contributed by atoms with E-state index in [2.05, 4.69) is 278 Å². The van der Waals surface area contributed by atoms with Crippen molar-refractivity contribution in [3.05, 3.63) is 159 Å². The average molecular weight is 1970 g/mol. The smallest absolute Gasteiger partial charge is 0.225 e. The predicted molar refractivity (Wildman–Crippen MR) is 587 cm³/mol. The number of thiophene rings is 3. The predicted octanol–water partition coefficient (Wildman–Crippen LogP) is 16.7. The lowest BCUT2D eigenvalue weighted by Crippen LogP contribution is -2.57. The van der Waals surface area contributed by atoms with Gasteiger partial charge in [-0.25, -0.2) is 59.8 Å². The molecule has 12 aliphatic rings. The van der Waals surface area contributed by atoms with E-state index in [9.17, 15) is 0 Å². The molecule has 9 aromatic heterocycles. The number of hydrogen-bond donors (Lipinski definition) is 0. The molecule has 0 amide bonds. The van der Waals surface area contributed by atoms with Crippen LogP contribution in [0.5, 0.6) is 0 Å². The van der Waals surface area contributed by atoms with Crippen LogP contribution in [0.2, 0.25) is 0 Å². The van der Waals surface area contributed by atoms with E-state index >= 15 is 0 Å². The van der Waals surface area contributed by atoms with Crippen LogP contribution < -0.4 is 44.1 Å². The third kappa shape index (κ3) is 33.1. The molecule has 9 aromatic rings. The summed E-state index contributed by atoms with van der Waals surface area (Å²) in [6, 6.07) is 18.3. The molecule has 21 rings (SSSR count). The third-order valence-electron chi connectivity index (χ3n) is 29.6. The fourth-order valence-electron chi connectivity index (χ4n) is 20.4.